The molecule has 0 amide bonds. The molecule has 0 radical (unpaired) electrons. The standard InChI is InChI=1S/C33H33F7N2S/c1-5-6-8-21-13-18(2)11-12-27(21)42(23-9-7-10-23)19(3)16-41-17-24-25(14-22(34)15-26(24)35)33(39,40)28-31(38)29(36)20(4)30(37)32(28)43-41/h11-15,23H,3,5-10,16-17H2,1-2,4H3. The van der Waals surface area contributed by atoms with Crippen molar-refractivity contribution in [2.24, 2.45) is 0 Å². The van der Waals surface area contributed by atoms with Crippen molar-refractivity contribution in [2.45, 2.75) is 82.7 Å². The molecule has 43 heavy (non-hydrogen) atoms. The van der Waals surface area contributed by atoms with Gasteiger partial charge in [0.05, 0.1) is 10.5 Å². The second-order valence-corrected chi connectivity index (χ2v) is 12.5. The molecule has 0 aromatic heterocycles. The molecule has 1 heterocycles. The summed E-state index contributed by atoms with van der Waals surface area (Å²) in [6.45, 7) is 8.84. The molecule has 0 saturated heterocycles. The summed E-state index contributed by atoms with van der Waals surface area (Å²) in [5.41, 5.74) is -0.376. The van der Waals surface area contributed by atoms with Crippen molar-refractivity contribution in [3.63, 3.8) is 0 Å². The topological polar surface area (TPSA) is 6.48 Å². The third-order valence-corrected chi connectivity index (χ3v) is 9.38. The van der Waals surface area contributed by atoms with Crippen molar-refractivity contribution >= 4 is 17.6 Å². The zero-order chi connectivity index (χ0) is 31.2. The fraction of sp³-hybridized carbons (Fsp3) is 0.394. The maximum Gasteiger partial charge on any atom is 0.303 e. The van der Waals surface area contributed by atoms with E-state index in [1.165, 1.54) is 4.31 Å². The van der Waals surface area contributed by atoms with Gasteiger partial charge in [-0.25, -0.2) is 26.3 Å². The Balaban J connectivity index is 1.61. The average molecular weight is 623 g/mol. The Hall–Kier alpha value is -2.98. The van der Waals surface area contributed by atoms with Gasteiger partial charge in [0, 0.05) is 53.3 Å². The van der Waals surface area contributed by atoms with E-state index < -0.39 is 68.7 Å². The van der Waals surface area contributed by atoms with E-state index in [0.29, 0.717) is 29.8 Å². The molecule has 2 nitrogen and oxygen atoms in total. The first-order chi connectivity index (χ1) is 20.3. The monoisotopic (exact) mass is 622 g/mol. The van der Waals surface area contributed by atoms with Crippen LogP contribution in [0.25, 0.3) is 0 Å². The minimum atomic E-state index is -4.42. The second-order valence-electron chi connectivity index (χ2n) is 11.4. The number of benzene rings is 3. The molecule has 2 aliphatic rings. The molecule has 1 saturated carbocycles. The van der Waals surface area contributed by atoms with Crippen LogP contribution in [0.5, 0.6) is 0 Å². The van der Waals surface area contributed by atoms with E-state index in [1.807, 2.05) is 19.1 Å². The zero-order valence-electron chi connectivity index (χ0n) is 24.3. The number of halogens is 7. The molecule has 5 rings (SSSR count). The van der Waals surface area contributed by atoms with Crippen molar-refractivity contribution in [1.82, 2.24) is 4.31 Å². The number of rotatable bonds is 8. The van der Waals surface area contributed by atoms with Crippen LogP contribution in [0.4, 0.5) is 36.4 Å². The lowest BCUT2D eigenvalue weighted by atomic mass is 9.89. The van der Waals surface area contributed by atoms with Gasteiger partial charge in [0.1, 0.15) is 17.5 Å². The van der Waals surface area contributed by atoms with Gasteiger partial charge < -0.3 is 4.90 Å². The molecule has 3 aromatic carbocycles. The summed E-state index contributed by atoms with van der Waals surface area (Å²) in [7, 11) is 0. The molecule has 0 atom stereocenters. The molecular formula is C33H33F7N2S. The third kappa shape index (κ3) is 5.80. The Morgan fingerprint density at radius 3 is 2.40 bits per heavy atom. The average Bonchev–Trinajstić information content (AvgIpc) is 2.91. The minimum absolute atomic E-state index is 0.0546. The minimum Gasteiger partial charge on any atom is -0.341 e. The first-order valence-electron chi connectivity index (χ1n) is 14.4. The number of anilines is 1. The SMILES string of the molecule is C=C(CN1Cc2c(F)cc(F)cc2C(F)(F)c2c(F)c(F)c(C)c(F)c2S1)N(c1ccc(C)cc1CCCC)C1CCC1. The van der Waals surface area contributed by atoms with Crippen molar-refractivity contribution in [3.05, 3.63) is 105 Å². The van der Waals surface area contributed by atoms with Crippen LogP contribution in [-0.2, 0) is 18.9 Å². The molecule has 230 valence electrons. The summed E-state index contributed by atoms with van der Waals surface area (Å²) < 4.78 is 108. The molecular weight excluding hydrogens is 589 g/mol. The van der Waals surface area contributed by atoms with E-state index >= 15 is 22.0 Å². The Morgan fingerprint density at radius 1 is 1.02 bits per heavy atom. The molecule has 1 aliphatic carbocycles. The van der Waals surface area contributed by atoms with Gasteiger partial charge in [0.2, 0.25) is 0 Å². The van der Waals surface area contributed by atoms with Crippen LogP contribution in [0.2, 0.25) is 0 Å². The van der Waals surface area contributed by atoms with Crippen LogP contribution in [-0.4, -0.2) is 16.9 Å². The van der Waals surface area contributed by atoms with Crippen LogP contribution in [0.3, 0.4) is 0 Å². The first-order valence-corrected chi connectivity index (χ1v) is 15.2. The molecule has 0 bridgehead atoms. The smallest absolute Gasteiger partial charge is 0.303 e. The van der Waals surface area contributed by atoms with Crippen molar-refractivity contribution in [2.75, 3.05) is 11.4 Å². The van der Waals surface area contributed by atoms with E-state index in [-0.39, 0.29) is 12.6 Å². The van der Waals surface area contributed by atoms with Crippen LogP contribution >= 0.6 is 11.9 Å². The van der Waals surface area contributed by atoms with Gasteiger partial charge in [-0.2, -0.15) is 8.78 Å². The second kappa shape index (κ2) is 12.2. The molecule has 0 spiro atoms. The van der Waals surface area contributed by atoms with E-state index in [2.05, 4.69) is 24.5 Å². The van der Waals surface area contributed by atoms with Crippen LogP contribution in [0.1, 0.15) is 72.4 Å². The van der Waals surface area contributed by atoms with E-state index in [0.717, 1.165) is 62.3 Å². The first kappa shape index (κ1) is 31.4. The highest BCUT2D eigenvalue weighted by atomic mass is 32.2. The number of nitrogens with zero attached hydrogens (tertiary/aromatic N) is 2. The quantitative estimate of drug-likeness (QED) is 0.140. The Kier molecular flexibility index (Phi) is 8.91. The fourth-order valence-electron chi connectivity index (χ4n) is 5.79. The molecule has 0 N–H and O–H groups in total. The maximum atomic E-state index is 15.9. The summed E-state index contributed by atoms with van der Waals surface area (Å²) in [6, 6.07) is 7.14. The van der Waals surface area contributed by atoms with Crippen molar-refractivity contribution in [1.29, 1.82) is 0 Å². The van der Waals surface area contributed by atoms with Gasteiger partial charge in [-0.1, -0.05) is 37.6 Å². The number of unbranched alkanes of at least 4 members (excludes halogenated alkanes) is 1. The lowest BCUT2D eigenvalue weighted by molar-refractivity contribution is 0.0314. The highest BCUT2D eigenvalue weighted by Gasteiger charge is 2.47. The lowest BCUT2D eigenvalue weighted by Crippen LogP contribution is -2.42. The zero-order valence-corrected chi connectivity index (χ0v) is 25.1. The molecule has 0 unspecified atom stereocenters. The van der Waals surface area contributed by atoms with Gasteiger partial charge >= 0.3 is 5.92 Å². The summed E-state index contributed by atoms with van der Waals surface area (Å²) in [5.74, 6) is -12.1. The van der Waals surface area contributed by atoms with E-state index in [1.54, 1.807) is 0 Å². The predicted molar refractivity (Wildman–Crippen MR) is 156 cm³/mol. The summed E-state index contributed by atoms with van der Waals surface area (Å²) in [4.78, 5) is 1.27. The van der Waals surface area contributed by atoms with Crippen molar-refractivity contribution in [3.8, 4) is 0 Å². The summed E-state index contributed by atoms with van der Waals surface area (Å²) in [6.07, 6.45) is 5.63. The van der Waals surface area contributed by atoms with Gasteiger partial charge in [-0.05, 0) is 75.6 Å². The number of fused-ring (bicyclic) bond motifs is 2. The van der Waals surface area contributed by atoms with Gasteiger partial charge in [0.15, 0.2) is 11.6 Å². The highest BCUT2D eigenvalue weighted by molar-refractivity contribution is 7.97. The van der Waals surface area contributed by atoms with Crippen LogP contribution in [0.15, 0.2) is 47.5 Å². The van der Waals surface area contributed by atoms with Gasteiger partial charge in [-0.3, -0.25) is 0 Å². The number of aryl methyl sites for hydroxylation is 2. The van der Waals surface area contributed by atoms with Gasteiger partial charge in [-0.15, -0.1) is 0 Å². The number of alkyl halides is 2. The fourth-order valence-corrected chi connectivity index (χ4v) is 7.00. The normalized spacial score (nSPS) is 16.6. The Morgan fingerprint density at radius 2 is 1.74 bits per heavy atom. The molecule has 1 aliphatic heterocycles. The highest BCUT2D eigenvalue weighted by Crippen LogP contribution is 2.49. The predicted octanol–water partition coefficient (Wildman–Crippen LogP) is 9.88. The van der Waals surface area contributed by atoms with Gasteiger partial charge in [0.25, 0.3) is 0 Å². The molecule has 1 fully saturated rings. The summed E-state index contributed by atoms with van der Waals surface area (Å²) >= 11 is 0.456. The maximum absolute atomic E-state index is 15.9. The van der Waals surface area contributed by atoms with Crippen LogP contribution < -0.4 is 4.90 Å². The van der Waals surface area contributed by atoms with E-state index in [9.17, 15) is 8.78 Å². The number of hydrogen-bond donors (Lipinski definition) is 0. The third-order valence-electron chi connectivity index (χ3n) is 8.30. The summed E-state index contributed by atoms with van der Waals surface area (Å²) in [5, 5.41) is 0. The Labute approximate surface area is 251 Å². The van der Waals surface area contributed by atoms with Crippen molar-refractivity contribution < 1.29 is 30.7 Å². The van der Waals surface area contributed by atoms with Crippen LogP contribution in [0, 0.1) is 42.9 Å². The lowest BCUT2D eigenvalue weighted by Gasteiger charge is -2.42. The Bertz CT molecular complexity index is 1570. The molecule has 10 heteroatoms. The molecule has 3 aromatic rings. The largest absolute Gasteiger partial charge is 0.341 e. The number of hydrogen-bond acceptors (Lipinski definition) is 3. The van der Waals surface area contributed by atoms with E-state index in [4.69, 9.17) is 0 Å².